The summed E-state index contributed by atoms with van der Waals surface area (Å²) in [5.74, 6) is 0.653. The number of carbonyl (C=O) groups is 1. The van der Waals surface area contributed by atoms with Crippen LogP contribution < -0.4 is 10.1 Å². The molecule has 0 saturated heterocycles. The summed E-state index contributed by atoms with van der Waals surface area (Å²) < 4.78 is 5.69. The summed E-state index contributed by atoms with van der Waals surface area (Å²) in [6.45, 7) is 1.79. The molecule has 1 N–H and O–H groups in total. The lowest BCUT2D eigenvalue weighted by Crippen LogP contribution is -2.39. The van der Waals surface area contributed by atoms with Crippen LogP contribution in [0.15, 0.2) is 54.6 Å². The predicted octanol–water partition coefficient (Wildman–Crippen LogP) is 3.65. The summed E-state index contributed by atoms with van der Waals surface area (Å²) in [7, 11) is 0. The maximum absolute atomic E-state index is 12.4. The number of benzene rings is 2. The number of nitrogens with one attached hydrogen (secondary N) is 1. The van der Waals surface area contributed by atoms with Gasteiger partial charge >= 0.3 is 0 Å². The van der Waals surface area contributed by atoms with Gasteiger partial charge in [-0.25, -0.2) is 0 Å². The molecule has 0 saturated carbocycles. The third-order valence-electron chi connectivity index (χ3n) is 4.11. The highest BCUT2D eigenvalue weighted by atomic mass is 16.5. The molecule has 22 heavy (non-hydrogen) atoms. The van der Waals surface area contributed by atoms with Crippen LogP contribution in [0.2, 0.25) is 0 Å². The highest BCUT2D eigenvalue weighted by Crippen LogP contribution is 2.29. The van der Waals surface area contributed by atoms with Gasteiger partial charge in [-0.05, 0) is 49.4 Å². The third-order valence-corrected chi connectivity index (χ3v) is 4.11. The number of fused-ring (bicyclic) bond motifs is 1. The van der Waals surface area contributed by atoms with Crippen LogP contribution in [-0.2, 0) is 11.2 Å². The first-order valence-electron chi connectivity index (χ1n) is 7.84. The Labute approximate surface area is 131 Å². The Balaban J connectivity index is 1.65. The van der Waals surface area contributed by atoms with Gasteiger partial charge in [0.25, 0.3) is 5.91 Å². The molecule has 1 aliphatic rings. The fraction of sp³-hybridized carbons (Fsp3) is 0.316. The smallest absolute Gasteiger partial charge is 0.261 e. The number of ether oxygens (including phenoxy) is 1. The van der Waals surface area contributed by atoms with Crippen LogP contribution >= 0.6 is 0 Å². The van der Waals surface area contributed by atoms with E-state index in [0.29, 0.717) is 5.75 Å². The zero-order valence-electron chi connectivity index (χ0n) is 12.8. The molecule has 0 fully saturated rings. The van der Waals surface area contributed by atoms with Crippen molar-refractivity contribution in [2.75, 3.05) is 0 Å². The summed E-state index contributed by atoms with van der Waals surface area (Å²) in [4.78, 5) is 12.4. The third kappa shape index (κ3) is 3.30. The van der Waals surface area contributed by atoms with Gasteiger partial charge in [-0.15, -0.1) is 0 Å². The van der Waals surface area contributed by atoms with Gasteiger partial charge in [-0.1, -0.05) is 42.5 Å². The normalized spacial score (nSPS) is 18.1. The van der Waals surface area contributed by atoms with Crippen molar-refractivity contribution in [3.05, 3.63) is 65.7 Å². The second kappa shape index (κ2) is 6.65. The first-order valence-corrected chi connectivity index (χ1v) is 7.84. The van der Waals surface area contributed by atoms with E-state index in [0.717, 1.165) is 19.3 Å². The van der Waals surface area contributed by atoms with Crippen molar-refractivity contribution in [2.45, 2.75) is 38.3 Å². The van der Waals surface area contributed by atoms with Gasteiger partial charge < -0.3 is 10.1 Å². The zero-order chi connectivity index (χ0) is 15.4. The van der Waals surface area contributed by atoms with Gasteiger partial charge in [0, 0.05) is 0 Å². The van der Waals surface area contributed by atoms with E-state index >= 15 is 0 Å². The number of amides is 1. The molecule has 0 radical (unpaired) electrons. The Hall–Kier alpha value is -2.29. The fourth-order valence-electron chi connectivity index (χ4n) is 2.95. The SMILES string of the molecule is CC(Oc1ccccc1)C(=O)NC1CCCc2ccccc21. The molecule has 3 rings (SSSR count). The number of carbonyl (C=O) groups excluding carboxylic acids is 1. The molecule has 1 amide bonds. The van der Waals surface area contributed by atoms with Gasteiger partial charge in [-0.3, -0.25) is 4.79 Å². The summed E-state index contributed by atoms with van der Waals surface area (Å²) in [5.41, 5.74) is 2.59. The number of rotatable bonds is 4. The predicted molar refractivity (Wildman–Crippen MR) is 86.8 cm³/mol. The minimum atomic E-state index is -0.503. The Morgan fingerprint density at radius 3 is 2.68 bits per heavy atom. The van der Waals surface area contributed by atoms with E-state index in [2.05, 4.69) is 23.5 Å². The Kier molecular flexibility index (Phi) is 4.42. The molecule has 2 aromatic carbocycles. The van der Waals surface area contributed by atoms with Gasteiger partial charge in [0.05, 0.1) is 6.04 Å². The largest absolute Gasteiger partial charge is 0.481 e. The lowest BCUT2D eigenvalue weighted by Gasteiger charge is -2.27. The molecule has 2 atom stereocenters. The first-order chi connectivity index (χ1) is 10.7. The van der Waals surface area contributed by atoms with Crippen molar-refractivity contribution in [1.82, 2.24) is 5.32 Å². The lowest BCUT2D eigenvalue weighted by atomic mass is 9.87. The van der Waals surface area contributed by atoms with E-state index in [4.69, 9.17) is 4.74 Å². The van der Waals surface area contributed by atoms with Crippen molar-refractivity contribution in [2.24, 2.45) is 0 Å². The molecule has 3 nitrogen and oxygen atoms in total. The Morgan fingerprint density at radius 2 is 1.86 bits per heavy atom. The van der Waals surface area contributed by atoms with Crippen LogP contribution in [0.5, 0.6) is 5.75 Å². The van der Waals surface area contributed by atoms with E-state index < -0.39 is 6.10 Å². The van der Waals surface area contributed by atoms with E-state index in [1.54, 1.807) is 6.92 Å². The zero-order valence-corrected chi connectivity index (χ0v) is 12.8. The topological polar surface area (TPSA) is 38.3 Å². The average Bonchev–Trinajstić information content (AvgIpc) is 2.56. The molecule has 2 aromatic rings. The first kappa shape index (κ1) is 14.6. The minimum Gasteiger partial charge on any atom is -0.481 e. The van der Waals surface area contributed by atoms with E-state index in [9.17, 15) is 4.79 Å². The van der Waals surface area contributed by atoms with Crippen molar-refractivity contribution >= 4 is 5.91 Å². The van der Waals surface area contributed by atoms with Crippen LogP contribution in [-0.4, -0.2) is 12.0 Å². The summed E-state index contributed by atoms with van der Waals surface area (Å²) in [6.07, 6.45) is 2.69. The van der Waals surface area contributed by atoms with E-state index in [-0.39, 0.29) is 11.9 Å². The summed E-state index contributed by atoms with van der Waals surface area (Å²) in [6, 6.07) is 17.9. The molecule has 3 heteroatoms. The van der Waals surface area contributed by atoms with Crippen molar-refractivity contribution in [3.63, 3.8) is 0 Å². The van der Waals surface area contributed by atoms with Crippen LogP contribution in [0.3, 0.4) is 0 Å². The molecular formula is C19H21NO2. The molecule has 0 bridgehead atoms. The molecule has 0 aliphatic heterocycles. The molecule has 0 spiro atoms. The lowest BCUT2D eigenvalue weighted by molar-refractivity contribution is -0.128. The second-order valence-corrected chi connectivity index (χ2v) is 5.73. The molecule has 0 aromatic heterocycles. The molecule has 0 heterocycles. The number of hydrogen-bond acceptors (Lipinski definition) is 2. The van der Waals surface area contributed by atoms with Gasteiger partial charge in [-0.2, -0.15) is 0 Å². The average molecular weight is 295 g/mol. The summed E-state index contributed by atoms with van der Waals surface area (Å²) in [5, 5.41) is 3.13. The molecule has 114 valence electrons. The number of hydrogen-bond donors (Lipinski definition) is 1. The fourth-order valence-corrected chi connectivity index (χ4v) is 2.95. The minimum absolute atomic E-state index is 0.0643. The van der Waals surface area contributed by atoms with Crippen molar-refractivity contribution in [3.8, 4) is 5.75 Å². The van der Waals surface area contributed by atoms with Crippen molar-refractivity contribution in [1.29, 1.82) is 0 Å². The molecule has 1 aliphatic carbocycles. The van der Waals surface area contributed by atoms with Crippen molar-refractivity contribution < 1.29 is 9.53 Å². The van der Waals surface area contributed by atoms with Crippen LogP contribution in [0, 0.1) is 0 Å². The molecule has 2 unspecified atom stereocenters. The standard InChI is InChI=1S/C19H21NO2/c1-14(22-16-10-3-2-4-11-16)19(21)20-18-13-7-9-15-8-5-6-12-17(15)18/h2-6,8,10-12,14,18H,7,9,13H2,1H3,(H,20,21). The van der Waals surface area contributed by atoms with Gasteiger partial charge in [0.2, 0.25) is 0 Å². The monoisotopic (exact) mass is 295 g/mol. The highest BCUT2D eigenvalue weighted by molar-refractivity contribution is 5.81. The van der Waals surface area contributed by atoms with Gasteiger partial charge in [0.15, 0.2) is 6.10 Å². The van der Waals surface area contributed by atoms with Crippen LogP contribution in [0.25, 0.3) is 0 Å². The summed E-state index contributed by atoms with van der Waals surface area (Å²) >= 11 is 0. The van der Waals surface area contributed by atoms with Crippen LogP contribution in [0.1, 0.15) is 36.9 Å². The Morgan fingerprint density at radius 1 is 1.14 bits per heavy atom. The Bertz CT molecular complexity index is 639. The second-order valence-electron chi connectivity index (χ2n) is 5.73. The number of para-hydroxylation sites is 1. The molecular weight excluding hydrogens is 274 g/mol. The van der Waals surface area contributed by atoms with Crippen LogP contribution in [0.4, 0.5) is 0 Å². The van der Waals surface area contributed by atoms with Gasteiger partial charge in [0.1, 0.15) is 5.75 Å². The quantitative estimate of drug-likeness (QED) is 0.935. The highest BCUT2D eigenvalue weighted by Gasteiger charge is 2.24. The number of aryl methyl sites for hydroxylation is 1. The van der Waals surface area contributed by atoms with E-state index in [1.165, 1.54) is 11.1 Å². The maximum atomic E-state index is 12.4. The maximum Gasteiger partial charge on any atom is 0.261 e. The van der Waals surface area contributed by atoms with E-state index in [1.807, 2.05) is 36.4 Å².